The molecule has 0 spiro atoms. The van der Waals surface area contributed by atoms with Crippen LogP contribution in [0.3, 0.4) is 0 Å². The van der Waals surface area contributed by atoms with Gasteiger partial charge in [-0.1, -0.05) is 12.1 Å². The lowest BCUT2D eigenvalue weighted by Crippen LogP contribution is -2.12. The second-order valence-corrected chi connectivity index (χ2v) is 5.33. The Labute approximate surface area is 119 Å². The molecule has 2 N–H and O–H groups in total. The molecule has 0 saturated heterocycles. The van der Waals surface area contributed by atoms with Crippen molar-refractivity contribution in [1.82, 2.24) is 14.8 Å². The molecule has 5 nitrogen and oxygen atoms in total. The third-order valence-corrected chi connectivity index (χ3v) is 3.15. The Bertz CT molecular complexity index is 575. The summed E-state index contributed by atoms with van der Waals surface area (Å²) in [5, 5.41) is 4.20. The Balaban J connectivity index is 2.18. The molecule has 1 aromatic heterocycles. The van der Waals surface area contributed by atoms with Crippen molar-refractivity contribution < 1.29 is 4.74 Å². The first-order valence-corrected chi connectivity index (χ1v) is 6.86. The van der Waals surface area contributed by atoms with Gasteiger partial charge >= 0.3 is 0 Å². The Morgan fingerprint density at radius 1 is 1.30 bits per heavy atom. The van der Waals surface area contributed by atoms with Crippen LogP contribution in [0.5, 0.6) is 5.75 Å². The minimum absolute atomic E-state index is 0.0615. The number of hydrogen-bond acceptors (Lipinski definition) is 4. The van der Waals surface area contributed by atoms with Crippen molar-refractivity contribution in [3.05, 3.63) is 41.5 Å². The molecular weight excluding hydrogens is 252 g/mol. The van der Waals surface area contributed by atoms with Crippen molar-refractivity contribution in [2.75, 3.05) is 0 Å². The number of rotatable bonds is 5. The van der Waals surface area contributed by atoms with Crippen molar-refractivity contribution >= 4 is 0 Å². The van der Waals surface area contributed by atoms with Crippen LogP contribution >= 0.6 is 0 Å². The topological polar surface area (TPSA) is 66.0 Å². The molecule has 1 heterocycles. The maximum atomic E-state index is 5.98. The van der Waals surface area contributed by atoms with E-state index in [0.717, 1.165) is 22.7 Å². The molecule has 0 fully saturated rings. The fourth-order valence-electron chi connectivity index (χ4n) is 2.09. The van der Waals surface area contributed by atoms with E-state index in [1.54, 1.807) is 6.33 Å². The zero-order valence-electron chi connectivity index (χ0n) is 12.5. The first kappa shape index (κ1) is 14.5. The summed E-state index contributed by atoms with van der Waals surface area (Å²) in [6.07, 6.45) is 1.56. The van der Waals surface area contributed by atoms with Crippen molar-refractivity contribution in [3.8, 4) is 5.75 Å². The smallest absolute Gasteiger partial charge is 0.165 e. The quantitative estimate of drug-likeness (QED) is 0.910. The van der Waals surface area contributed by atoms with Gasteiger partial charge in [-0.05, 0) is 39.3 Å². The minimum Gasteiger partial charge on any atom is -0.485 e. The van der Waals surface area contributed by atoms with Crippen molar-refractivity contribution in [2.24, 2.45) is 5.73 Å². The highest BCUT2D eigenvalue weighted by molar-refractivity contribution is 5.38. The highest BCUT2D eigenvalue weighted by atomic mass is 16.5. The maximum Gasteiger partial charge on any atom is 0.165 e. The summed E-state index contributed by atoms with van der Waals surface area (Å²) in [6.45, 7) is 8.51. The number of ether oxygens (including phenoxy) is 1. The van der Waals surface area contributed by atoms with Gasteiger partial charge in [0.1, 0.15) is 18.7 Å². The molecule has 0 aliphatic carbocycles. The summed E-state index contributed by atoms with van der Waals surface area (Å²) >= 11 is 0. The highest BCUT2D eigenvalue weighted by Gasteiger charge is 2.12. The zero-order chi connectivity index (χ0) is 14.7. The molecule has 1 atom stereocenters. The maximum absolute atomic E-state index is 5.98. The Morgan fingerprint density at radius 2 is 2.05 bits per heavy atom. The molecule has 0 aliphatic heterocycles. The number of hydrogen-bond donors (Lipinski definition) is 1. The summed E-state index contributed by atoms with van der Waals surface area (Å²) in [4.78, 5) is 4.25. The van der Waals surface area contributed by atoms with E-state index in [1.165, 1.54) is 0 Å². The van der Waals surface area contributed by atoms with Crippen LogP contribution in [0.15, 0.2) is 24.5 Å². The van der Waals surface area contributed by atoms with Crippen LogP contribution in [0.25, 0.3) is 0 Å². The SMILES string of the molecule is Cc1ccc([C@@H](C)N)c(OCc2ncnn2C(C)C)c1. The van der Waals surface area contributed by atoms with Crippen LogP contribution in [0.2, 0.25) is 0 Å². The van der Waals surface area contributed by atoms with E-state index in [9.17, 15) is 0 Å². The van der Waals surface area contributed by atoms with Gasteiger partial charge in [-0.2, -0.15) is 5.10 Å². The zero-order valence-corrected chi connectivity index (χ0v) is 12.5. The first-order chi connectivity index (χ1) is 9.49. The molecule has 108 valence electrons. The third kappa shape index (κ3) is 3.17. The molecule has 0 unspecified atom stereocenters. The molecular formula is C15H22N4O. The van der Waals surface area contributed by atoms with Gasteiger partial charge in [0.05, 0.1) is 0 Å². The molecule has 2 rings (SSSR count). The van der Waals surface area contributed by atoms with Gasteiger partial charge in [0.2, 0.25) is 0 Å². The van der Waals surface area contributed by atoms with E-state index < -0.39 is 0 Å². The van der Waals surface area contributed by atoms with E-state index in [1.807, 2.05) is 36.7 Å². The van der Waals surface area contributed by atoms with Crippen LogP contribution in [-0.2, 0) is 6.61 Å². The largest absolute Gasteiger partial charge is 0.485 e. The highest BCUT2D eigenvalue weighted by Crippen LogP contribution is 2.25. The Morgan fingerprint density at radius 3 is 2.70 bits per heavy atom. The monoisotopic (exact) mass is 274 g/mol. The predicted octanol–water partition coefficient (Wildman–Crippen LogP) is 2.77. The summed E-state index contributed by atoms with van der Waals surface area (Å²) in [5.74, 6) is 1.63. The third-order valence-electron chi connectivity index (χ3n) is 3.15. The molecule has 2 aromatic rings. The van der Waals surface area contributed by atoms with Crippen molar-refractivity contribution in [2.45, 2.75) is 46.4 Å². The van der Waals surface area contributed by atoms with Crippen LogP contribution < -0.4 is 10.5 Å². The number of nitrogens with zero attached hydrogens (tertiary/aromatic N) is 3. The van der Waals surface area contributed by atoms with Crippen LogP contribution in [0.4, 0.5) is 0 Å². The molecule has 0 amide bonds. The number of aryl methyl sites for hydroxylation is 1. The number of aromatic nitrogens is 3. The second-order valence-electron chi connectivity index (χ2n) is 5.33. The van der Waals surface area contributed by atoms with Crippen molar-refractivity contribution in [1.29, 1.82) is 0 Å². The fraction of sp³-hybridized carbons (Fsp3) is 0.467. The van der Waals surface area contributed by atoms with Gasteiger partial charge in [-0.3, -0.25) is 0 Å². The van der Waals surface area contributed by atoms with Gasteiger partial charge in [-0.25, -0.2) is 9.67 Å². The molecule has 0 aliphatic rings. The van der Waals surface area contributed by atoms with Gasteiger partial charge in [0.15, 0.2) is 5.82 Å². The van der Waals surface area contributed by atoms with Gasteiger partial charge in [-0.15, -0.1) is 0 Å². The molecule has 20 heavy (non-hydrogen) atoms. The summed E-state index contributed by atoms with van der Waals surface area (Å²) in [7, 11) is 0. The summed E-state index contributed by atoms with van der Waals surface area (Å²) in [6, 6.07) is 6.27. The van der Waals surface area contributed by atoms with Gasteiger partial charge in [0, 0.05) is 17.6 Å². The average molecular weight is 274 g/mol. The lowest BCUT2D eigenvalue weighted by molar-refractivity contribution is 0.278. The van der Waals surface area contributed by atoms with Crippen LogP contribution in [0.1, 0.15) is 49.8 Å². The Kier molecular flexibility index (Phi) is 4.39. The van der Waals surface area contributed by atoms with E-state index in [4.69, 9.17) is 10.5 Å². The number of nitrogens with two attached hydrogens (primary N) is 1. The average Bonchev–Trinajstić information content (AvgIpc) is 2.84. The Hall–Kier alpha value is -1.88. The van der Waals surface area contributed by atoms with Crippen LogP contribution in [0, 0.1) is 6.92 Å². The molecule has 0 radical (unpaired) electrons. The predicted molar refractivity (Wildman–Crippen MR) is 78.5 cm³/mol. The second kappa shape index (κ2) is 6.05. The molecule has 5 heteroatoms. The van der Waals surface area contributed by atoms with E-state index in [-0.39, 0.29) is 12.1 Å². The minimum atomic E-state index is -0.0615. The number of benzene rings is 1. The normalized spacial score (nSPS) is 12.7. The fourth-order valence-corrected chi connectivity index (χ4v) is 2.09. The van der Waals surface area contributed by atoms with E-state index >= 15 is 0 Å². The van der Waals surface area contributed by atoms with Gasteiger partial charge in [0.25, 0.3) is 0 Å². The lowest BCUT2D eigenvalue weighted by Gasteiger charge is -2.15. The molecule has 0 saturated carbocycles. The standard InChI is InChI=1S/C15H22N4O/c1-10(2)19-15(17-9-18-19)8-20-14-7-11(3)5-6-13(14)12(4)16/h5-7,9-10,12H,8,16H2,1-4H3/t12-/m1/s1. The van der Waals surface area contributed by atoms with Crippen molar-refractivity contribution in [3.63, 3.8) is 0 Å². The summed E-state index contributed by atoms with van der Waals surface area (Å²) < 4.78 is 7.77. The molecule has 0 bridgehead atoms. The van der Waals surface area contributed by atoms with Gasteiger partial charge < -0.3 is 10.5 Å². The lowest BCUT2D eigenvalue weighted by atomic mass is 10.1. The first-order valence-electron chi connectivity index (χ1n) is 6.86. The summed E-state index contributed by atoms with van der Waals surface area (Å²) in [5.41, 5.74) is 8.13. The molecule has 1 aromatic carbocycles. The van der Waals surface area contributed by atoms with E-state index in [2.05, 4.69) is 23.9 Å². The van der Waals surface area contributed by atoms with E-state index in [0.29, 0.717) is 6.61 Å². The van der Waals surface area contributed by atoms with Crippen LogP contribution in [-0.4, -0.2) is 14.8 Å².